The molecule has 0 spiro atoms. The molecule has 4 aromatic rings. The maximum absolute atomic E-state index is 13.2. The highest BCUT2D eigenvalue weighted by molar-refractivity contribution is 6.00. The number of carbonyl (C=O) groups is 1. The predicted molar refractivity (Wildman–Crippen MR) is 128 cm³/mol. The Morgan fingerprint density at radius 2 is 1.58 bits per heavy atom. The van der Waals surface area contributed by atoms with Crippen LogP contribution in [0.1, 0.15) is 13.8 Å². The Morgan fingerprint density at radius 1 is 0.909 bits per heavy atom. The standard InChI is InChI=1S/C26H25FN4O2/c1-3-31(4-2)24(32)17-33-21-15-9-18(10-16-21)25-22-7-5-6-8-23(22)26(30-29-25)28-20-13-11-19(27)12-14-20/h5-16H,3-4,17H2,1-2H3,(H,28,30). The molecule has 0 bridgehead atoms. The molecular weight excluding hydrogens is 419 g/mol. The van der Waals surface area contributed by atoms with Crippen LogP contribution in [0.5, 0.6) is 5.75 Å². The molecule has 3 aromatic carbocycles. The number of rotatable bonds is 8. The van der Waals surface area contributed by atoms with Gasteiger partial charge in [-0.1, -0.05) is 24.3 Å². The summed E-state index contributed by atoms with van der Waals surface area (Å²) in [4.78, 5) is 13.9. The highest BCUT2D eigenvalue weighted by atomic mass is 19.1. The fourth-order valence-electron chi connectivity index (χ4n) is 3.60. The zero-order valence-electron chi connectivity index (χ0n) is 18.6. The largest absolute Gasteiger partial charge is 0.484 e. The Bertz CT molecular complexity index is 1240. The zero-order chi connectivity index (χ0) is 23.2. The van der Waals surface area contributed by atoms with Gasteiger partial charge in [-0.3, -0.25) is 4.79 Å². The Morgan fingerprint density at radius 3 is 2.24 bits per heavy atom. The van der Waals surface area contributed by atoms with Crippen LogP contribution >= 0.6 is 0 Å². The van der Waals surface area contributed by atoms with Gasteiger partial charge in [0.25, 0.3) is 5.91 Å². The van der Waals surface area contributed by atoms with Crippen LogP contribution in [0.2, 0.25) is 0 Å². The quantitative estimate of drug-likeness (QED) is 0.393. The third-order valence-electron chi connectivity index (χ3n) is 5.40. The van der Waals surface area contributed by atoms with Crippen molar-refractivity contribution in [2.75, 3.05) is 25.0 Å². The first-order chi connectivity index (χ1) is 16.1. The van der Waals surface area contributed by atoms with E-state index in [1.807, 2.05) is 62.4 Å². The molecule has 0 aliphatic rings. The molecule has 0 saturated carbocycles. The summed E-state index contributed by atoms with van der Waals surface area (Å²) in [5.41, 5.74) is 2.35. The van der Waals surface area contributed by atoms with E-state index in [9.17, 15) is 9.18 Å². The van der Waals surface area contributed by atoms with E-state index in [-0.39, 0.29) is 18.3 Å². The summed E-state index contributed by atoms with van der Waals surface area (Å²) >= 11 is 0. The van der Waals surface area contributed by atoms with E-state index in [2.05, 4.69) is 15.5 Å². The minimum Gasteiger partial charge on any atom is -0.484 e. The molecule has 1 aromatic heterocycles. The van der Waals surface area contributed by atoms with Crippen molar-refractivity contribution in [3.63, 3.8) is 0 Å². The summed E-state index contributed by atoms with van der Waals surface area (Å²) in [6.45, 7) is 5.22. The van der Waals surface area contributed by atoms with Crippen LogP contribution in [0.4, 0.5) is 15.9 Å². The van der Waals surface area contributed by atoms with Crippen LogP contribution < -0.4 is 10.1 Å². The van der Waals surface area contributed by atoms with Gasteiger partial charge in [0, 0.05) is 35.1 Å². The molecule has 1 amide bonds. The lowest BCUT2D eigenvalue weighted by atomic mass is 10.0. The van der Waals surface area contributed by atoms with Crippen molar-refractivity contribution in [1.82, 2.24) is 15.1 Å². The van der Waals surface area contributed by atoms with Gasteiger partial charge in [-0.25, -0.2) is 4.39 Å². The fourth-order valence-corrected chi connectivity index (χ4v) is 3.60. The van der Waals surface area contributed by atoms with Crippen molar-refractivity contribution >= 4 is 28.2 Å². The Hall–Kier alpha value is -4.00. The van der Waals surface area contributed by atoms with Gasteiger partial charge in [0.15, 0.2) is 12.4 Å². The zero-order valence-corrected chi connectivity index (χ0v) is 18.6. The van der Waals surface area contributed by atoms with Crippen LogP contribution in [-0.2, 0) is 4.79 Å². The number of fused-ring (bicyclic) bond motifs is 1. The van der Waals surface area contributed by atoms with E-state index in [4.69, 9.17) is 4.74 Å². The second-order valence-corrected chi connectivity index (χ2v) is 7.45. The number of hydrogen-bond donors (Lipinski definition) is 1. The Balaban J connectivity index is 1.56. The average molecular weight is 445 g/mol. The maximum Gasteiger partial charge on any atom is 0.260 e. The van der Waals surface area contributed by atoms with Crippen molar-refractivity contribution in [2.45, 2.75) is 13.8 Å². The first-order valence-electron chi connectivity index (χ1n) is 10.9. The second-order valence-electron chi connectivity index (χ2n) is 7.45. The Kier molecular flexibility index (Phi) is 6.78. The van der Waals surface area contributed by atoms with Crippen LogP contribution in [0.25, 0.3) is 22.0 Å². The summed E-state index contributed by atoms with van der Waals surface area (Å²) in [7, 11) is 0. The van der Waals surface area contributed by atoms with Crippen LogP contribution in [-0.4, -0.2) is 40.7 Å². The van der Waals surface area contributed by atoms with Crippen LogP contribution in [0.15, 0.2) is 72.8 Å². The highest BCUT2D eigenvalue weighted by Crippen LogP contribution is 2.31. The molecule has 168 valence electrons. The van der Waals surface area contributed by atoms with E-state index in [0.717, 1.165) is 27.7 Å². The van der Waals surface area contributed by atoms with Gasteiger partial charge in [-0.05, 0) is 62.4 Å². The highest BCUT2D eigenvalue weighted by Gasteiger charge is 2.13. The molecule has 0 saturated heterocycles. The predicted octanol–water partition coefficient (Wildman–Crippen LogP) is 5.43. The molecule has 0 aliphatic carbocycles. The monoisotopic (exact) mass is 444 g/mol. The molecule has 0 aliphatic heterocycles. The third kappa shape index (κ3) is 5.09. The summed E-state index contributed by atoms with van der Waals surface area (Å²) < 4.78 is 18.9. The van der Waals surface area contributed by atoms with Crippen molar-refractivity contribution in [2.24, 2.45) is 0 Å². The van der Waals surface area contributed by atoms with Gasteiger partial charge in [0.2, 0.25) is 0 Å². The van der Waals surface area contributed by atoms with Gasteiger partial charge in [0.1, 0.15) is 17.3 Å². The third-order valence-corrected chi connectivity index (χ3v) is 5.40. The molecule has 1 heterocycles. The fraction of sp³-hybridized carbons (Fsp3) is 0.192. The second kappa shape index (κ2) is 10.1. The lowest BCUT2D eigenvalue weighted by Crippen LogP contribution is -2.34. The number of benzene rings is 3. The molecule has 1 N–H and O–H groups in total. The molecule has 0 fully saturated rings. The summed E-state index contributed by atoms with van der Waals surface area (Å²) in [6, 6.07) is 21.4. The van der Waals surface area contributed by atoms with E-state index in [0.29, 0.717) is 24.7 Å². The lowest BCUT2D eigenvalue weighted by molar-refractivity contribution is -0.132. The van der Waals surface area contributed by atoms with Crippen molar-refractivity contribution in [3.05, 3.63) is 78.6 Å². The van der Waals surface area contributed by atoms with Gasteiger partial charge >= 0.3 is 0 Å². The van der Waals surface area contributed by atoms with Gasteiger partial charge in [-0.15, -0.1) is 10.2 Å². The number of likely N-dealkylation sites (N-methyl/N-ethyl adjacent to an activating group) is 1. The molecule has 6 nitrogen and oxygen atoms in total. The molecule has 0 atom stereocenters. The van der Waals surface area contributed by atoms with E-state index >= 15 is 0 Å². The van der Waals surface area contributed by atoms with Crippen molar-refractivity contribution < 1.29 is 13.9 Å². The average Bonchev–Trinajstić information content (AvgIpc) is 2.85. The molecule has 4 rings (SSSR count). The molecule has 33 heavy (non-hydrogen) atoms. The number of anilines is 2. The lowest BCUT2D eigenvalue weighted by Gasteiger charge is -2.18. The first-order valence-corrected chi connectivity index (χ1v) is 10.9. The van der Waals surface area contributed by atoms with Crippen LogP contribution in [0, 0.1) is 5.82 Å². The molecular formula is C26H25FN4O2. The summed E-state index contributed by atoms with van der Waals surface area (Å²) in [5, 5.41) is 13.9. The number of nitrogens with zero attached hydrogens (tertiary/aromatic N) is 3. The number of ether oxygens (including phenoxy) is 1. The molecule has 7 heteroatoms. The SMILES string of the molecule is CCN(CC)C(=O)COc1ccc(-c2nnc(Nc3ccc(F)cc3)c3ccccc23)cc1. The Labute approximate surface area is 192 Å². The summed E-state index contributed by atoms with van der Waals surface area (Å²) in [5.74, 6) is 0.879. The number of aromatic nitrogens is 2. The number of amides is 1. The van der Waals surface area contributed by atoms with E-state index < -0.39 is 0 Å². The number of carbonyl (C=O) groups excluding carboxylic acids is 1. The minimum absolute atomic E-state index is 0.00746. The summed E-state index contributed by atoms with van der Waals surface area (Å²) in [6.07, 6.45) is 0. The smallest absolute Gasteiger partial charge is 0.260 e. The van der Waals surface area contributed by atoms with E-state index in [1.165, 1.54) is 12.1 Å². The number of hydrogen-bond acceptors (Lipinski definition) is 5. The van der Waals surface area contributed by atoms with Gasteiger partial charge in [-0.2, -0.15) is 0 Å². The van der Waals surface area contributed by atoms with E-state index in [1.54, 1.807) is 17.0 Å². The van der Waals surface area contributed by atoms with Crippen molar-refractivity contribution in [1.29, 1.82) is 0 Å². The van der Waals surface area contributed by atoms with Crippen molar-refractivity contribution in [3.8, 4) is 17.0 Å². The van der Waals surface area contributed by atoms with Crippen LogP contribution in [0.3, 0.4) is 0 Å². The first kappa shape index (κ1) is 22.2. The number of nitrogens with one attached hydrogen (secondary N) is 1. The maximum atomic E-state index is 13.2. The normalized spacial score (nSPS) is 10.8. The van der Waals surface area contributed by atoms with Gasteiger partial charge in [0.05, 0.1) is 0 Å². The molecule has 0 unspecified atom stereocenters. The molecule has 0 radical (unpaired) electrons. The van der Waals surface area contributed by atoms with Gasteiger partial charge < -0.3 is 15.0 Å². The topological polar surface area (TPSA) is 67.4 Å². The number of halogens is 1. The minimum atomic E-state index is -0.295.